The number of halogens is 2. The van der Waals surface area contributed by atoms with Crippen molar-refractivity contribution in [1.82, 2.24) is 19.5 Å². The van der Waals surface area contributed by atoms with Crippen LogP contribution in [-0.4, -0.2) is 31.2 Å². The number of aromatic nitrogens is 4. The molecule has 9 heteroatoms. The fourth-order valence-corrected chi connectivity index (χ4v) is 4.71. The molecule has 0 spiro atoms. The van der Waals surface area contributed by atoms with E-state index in [9.17, 15) is 13.9 Å². The van der Waals surface area contributed by atoms with E-state index < -0.39 is 12.2 Å². The highest BCUT2D eigenvalue weighted by Crippen LogP contribution is 2.53. The van der Waals surface area contributed by atoms with Crippen molar-refractivity contribution < 1.29 is 23.4 Å². The minimum Gasteiger partial charge on any atom is -0.482 e. The van der Waals surface area contributed by atoms with E-state index in [1.54, 1.807) is 44.4 Å². The summed E-state index contributed by atoms with van der Waals surface area (Å²) in [5.41, 5.74) is 2.81. The lowest BCUT2D eigenvalue weighted by atomic mass is 9.98. The second-order valence-corrected chi connectivity index (χ2v) is 8.80. The molecule has 2 aliphatic rings. The van der Waals surface area contributed by atoms with Gasteiger partial charge in [-0.1, -0.05) is 12.1 Å². The molecule has 0 saturated carbocycles. The Morgan fingerprint density at radius 1 is 1.15 bits per heavy atom. The molecule has 4 aromatic rings. The largest absolute Gasteiger partial charge is 0.482 e. The maximum atomic E-state index is 13.1. The molecule has 2 aliphatic heterocycles. The first-order valence-corrected chi connectivity index (χ1v) is 10.6. The van der Waals surface area contributed by atoms with Gasteiger partial charge in [0.2, 0.25) is 0 Å². The van der Waals surface area contributed by atoms with E-state index in [2.05, 4.69) is 14.5 Å². The van der Waals surface area contributed by atoms with Crippen molar-refractivity contribution in [3.05, 3.63) is 66.0 Å². The molecule has 168 valence electrons. The molecule has 2 aromatic carbocycles. The Labute approximate surface area is 187 Å². The van der Waals surface area contributed by atoms with Gasteiger partial charge in [0, 0.05) is 24.4 Å². The summed E-state index contributed by atoms with van der Waals surface area (Å²) in [6, 6.07) is 10.6. The minimum atomic E-state index is -2.92. The van der Waals surface area contributed by atoms with E-state index in [1.807, 2.05) is 18.2 Å². The van der Waals surface area contributed by atoms with Crippen molar-refractivity contribution >= 4 is 11.0 Å². The highest BCUT2D eigenvalue weighted by atomic mass is 19.3. The zero-order valence-electron chi connectivity index (χ0n) is 17.9. The molecule has 7 nitrogen and oxygen atoms in total. The van der Waals surface area contributed by atoms with Crippen LogP contribution >= 0.6 is 0 Å². The van der Waals surface area contributed by atoms with Crippen LogP contribution in [0, 0.1) is 0 Å². The SMILES string of the molecule is CC(C)(O)c1ncc(-c2ccc3nc4n(c3c2)[C@@H]2C[C@H]4Oc3cccc(OC(F)F)c32)cn1. The fraction of sp³-hybridized carbons (Fsp3) is 0.292. The second-order valence-electron chi connectivity index (χ2n) is 8.80. The van der Waals surface area contributed by atoms with Crippen molar-refractivity contribution in [3.8, 4) is 22.6 Å². The van der Waals surface area contributed by atoms with Crippen LogP contribution in [0.2, 0.25) is 0 Å². The number of fused-ring (bicyclic) bond motifs is 9. The summed E-state index contributed by atoms with van der Waals surface area (Å²) in [6.45, 7) is 0.342. The first-order valence-electron chi connectivity index (χ1n) is 10.6. The van der Waals surface area contributed by atoms with Gasteiger partial charge in [-0.3, -0.25) is 0 Å². The van der Waals surface area contributed by atoms with Crippen LogP contribution in [0.4, 0.5) is 8.78 Å². The van der Waals surface area contributed by atoms with Crippen LogP contribution in [0.15, 0.2) is 48.8 Å². The second kappa shape index (κ2) is 6.95. The quantitative estimate of drug-likeness (QED) is 0.483. The number of alkyl halides is 2. The van der Waals surface area contributed by atoms with Crippen LogP contribution in [0.3, 0.4) is 0 Å². The summed E-state index contributed by atoms with van der Waals surface area (Å²) in [6.07, 6.45) is 3.69. The van der Waals surface area contributed by atoms with Gasteiger partial charge in [-0.25, -0.2) is 15.0 Å². The molecule has 0 fully saturated rings. The van der Waals surface area contributed by atoms with E-state index >= 15 is 0 Å². The van der Waals surface area contributed by atoms with E-state index in [-0.39, 0.29) is 17.9 Å². The number of hydrogen-bond acceptors (Lipinski definition) is 6. The smallest absolute Gasteiger partial charge is 0.387 e. The third kappa shape index (κ3) is 3.14. The Morgan fingerprint density at radius 3 is 2.67 bits per heavy atom. The zero-order valence-corrected chi connectivity index (χ0v) is 17.9. The Balaban J connectivity index is 1.46. The Hall–Kier alpha value is -3.59. The molecule has 0 saturated heterocycles. The van der Waals surface area contributed by atoms with Crippen LogP contribution in [0.5, 0.6) is 11.5 Å². The van der Waals surface area contributed by atoms with Gasteiger partial charge >= 0.3 is 6.61 Å². The third-order valence-corrected chi connectivity index (χ3v) is 6.13. The Kier molecular flexibility index (Phi) is 4.22. The van der Waals surface area contributed by atoms with E-state index in [0.29, 0.717) is 23.6 Å². The summed E-state index contributed by atoms with van der Waals surface area (Å²) < 4.78 is 39.1. The molecule has 33 heavy (non-hydrogen) atoms. The fourth-order valence-electron chi connectivity index (χ4n) is 4.71. The standard InChI is InChI=1S/C24H20F2N4O3/c1-24(2,31)22-27-10-13(11-28-22)12-6-7-14-15(8-12)30-16-9-19(21(30)29-14)32-17-4-3-5-18(20(16)17)33-23(25)26/h3-8,10-11,16,19,23,31H,9H2,1-2H3/t16-,19-/m1/s1. The normalized spacial score (nSPS) is 18.8. The highest BCUT2D eigenvalue weighted by molar-refractivity contribution is 5.83. The lowest BCUT2D eigenvalue weighted by Crippen LogP contribution is -2.19. The first-order chi connectivity index (χ1) is 15.8. The molecule has 2 atom stereocenters. The van der Waals surface area contributed by atoms with Crippen LogP contribution < -0.4 is 9.47 Å². The molecule has 2 bridgehead atoms. The lowest BCUT2D eigenvalue weighted by Gasteiger charge is -2.26. The number of ether oxygens (including phenoxy) is 2. The van der Waals surface area contributed by atoms with Crippen LogP contribution in [0.25, 0.3) is 22.2 Å². The average molecular weight is 450 g/mol. The van der Waals surface area contributed by atoms with Crippen molar-refractivity contribution in [2.24, 2.45) is 0 Å². The van der Waals surface area contributed by atoms with Gasteiger partial charge < -0.3 is 19.1 Å². The van der Waals surface area contributed by atoms with Gasteiger partial charge in [0.25, 0.3) is 0 Å². The predicted molar refractivity (Wildman–Crippen MR) is 115 cm³/mol. The molecular formula is C24H20F2N4O3. The summed E-state index contributed by atoms with van der Waals surface area (Å²) in [7, 11) is 0. The lowest BCUT2D eigenvalue weighted by molar-refractivity contribution is -0.0511. The molecule has 1 N–H and O–H groups in total. The third-order valence-electron chi connectivity index (χ3n) is 6.13. The number of imidazole rings is 1. The Bertz CT molecular complexity index is 1380. The van der Waals surface area contributed by atoms with Gasteiger partial charge in [0.1, 0.15) is 17.1 Å². The van der Waals surface area contributed by atoms with Crippen LogP contribution in [0.1, 0.15) is 49.6 Å². The number of nitrogens with zero attached hydrogens (tertiary/aromatic N) is 4. The van der Waals surface area contributed by atoms with Crippen molar-refractivity contribution in [2.45, 2.75) is 44.6 Å². The molecule has 0 radical (unpaired) electrons. The predicted octanol–water partition coefficient (Wildman–Crippen LogP) is 4.75. The molecule has 0 amide bonds. The first kappa shape index (κ1) is 20.0. The molecule has 6 rings (SSSR count). The minimum absolute atomic E-state index is 0.118. The van der Waals surface area contributed by atoms with E-state index in [4.69, 9.17) is 14.5 Å². The summed E-state index contributed by atoms with van der Waals surface area (Å²) in [5.74, 6) is 1.76. The molecular weight excluding hydrogens is 430 g/mol. The number of hydrogen-bond donors (Lipinski definition) is 1. The van der Waals surface area contributed by atoms with Crippen molar-refractivity contribution in [1.29, 1.82) is 0 Å². The summed E-state index contributed by atoms with van der Waals surface area (Å²) in [5, 5.41) is 10.1. The summed E-state index contributed by atoms with van der Waals surface area (Å²) in [4.78, 5) is 13.4. The van der Waals surface area contributed by atoms with E-state index in [0.717, 1.165) is 28.0 Å². The number of aliphatic hydroxyl groups is 1. The van der Waals surface area contributed by atoms with Gasteiger partial charge in [-0.15, -0.1) is 0 Å². The maximum absolute atomic E-state index is 13.1. The summed E-state index contributed by atoms with van der Waals surface area (Å²) >= 11 is 0. The van der Waals surface area contributed by atoms with Gasteiger partial charge in [-0.05, 0) is 43.7 Å². The topological polar surface area (TPSA) is 82.3 Å². The Morgan fingerprint density at radius 2 is 1.94 bits per heavy atom. The average Bonchev–Trinajstić information content (AvgIpc) is 3.28. The van der Waals surface area contributed by atoms with Gasteiger partial charge in [0.15, 0.2) is 17.8 Å². The monoisotopic (exact) mass is 450 g/mol. The number of rotatable bonds is 4. The van der Waals surface area contributed by atoms with Crippen molar-refractivity contribution in [2.75, 3.05) is 0 Å². The number of benzene rings is 2. The zero-order chi connectivity index (χ0) is 22.9. The molecule has 2 aromatic heterocycles. The molecule has 0 unspecified atom stereocenters. The van der Waals surface area contributed by atoms with Crippen molar-refractivity contribution in [3.63, 3.8) is 0 Å². The molecule has 4 heterocycles. The van der Waals surface area contributed by atoms with Crippen LogP contribution in [-0.2, 0) is 5.60 Å². The van der Waals surface area contributed by atoms with Gasteiger partial charge in [0.05, 0.1) is 22.6 Å². The maximum Gasteiger partial charge on any atom is 0.387 e. The van der Waals surface area contributed by atoms with E-state index in [1.165, 1.54) is 0 Å². The highest BCUT2D eigenvalue weighted by Gasteiger charge is 2.43. The molecule has 0 aliphatic carbocycles. The van der Waals surface area contributed by atoms with Gasteiger partial charge in [-0.2, -0.15) is 8.78 Å².